The van der Waals surface area contributed by atoms with Crippen molar-refractivity contribution in [2.24, 2.45) is 5.41 Å². The van der Waals surface area contributed by atoms with Gasteiger partial charge in [0.05, 0.1) is 0 Å². The molecular formula is C18H26FNO. The normalized spacial score (nSPS) is 26.1. The molecule has 2 aliphatic rings. The number of benzene rings is 1. The van der Waals surface area contributed by atoms with E-state index in [0.717, 1.165) is 12.0 Å². The molecular weight excluding hydrogens is 265 g/mol. The van der Waals surface area contributed by atoms with Crippen LogP contribution in [0.3, 0.4) is 0 Å². The number of rotatable bonds is 2. The predicted octanol–water partition coefficient (Wildman–Crippen LogP) is 4.12. The molecule has 1 unspecified atom stereocenters. The highest BCUT2D eigenvalue weighted by Gasteiger charge is 2.38. The number of hydrogen-bond donors (Lipinski definition) is 1. The van der Waals surface area contributed by atoms with Crippen LogP contribution in [0.15, 0.2) is 18.2 Å². The Hall–Kier alpha value is -1.09. The topological polar surface area (TPSA) is 23.5 Å². The van der Waals surface area contributed by atoms with Gasteiger partial charge in [0.2, 0.25) is 0 Å². The fourth-order valence-electron chi connectivity index (χ4n) is 4.42. The number of hydrogen-bond acceptors (Lipinski definition) is 2. The maximum Gasteiger partial charge on any atom is 0.127 e. The lowest BCUT2D eigenvalue weighted by Gasteiger charge is -2.48. The zero-order valence-electron chi connectivity index (χ0n) is 12.9. The number of aromatic hydroxyl groups is 1. The highest BCUT2D eigenvalue weighted by molar-refractivity contribution is 5.29. The predicted molar refractivity (Wildman–Crippen MR) is 82.9 cm³/mol. The van der Waals surface area contributed by atoms with Crippen LogP contribution < -0.4 is 0 Å². The van der Waals surface area contributed by atoms with Crippen molar-refractivity contribution >= 4 is 0 Å². The number of phenols is 1. The van der Waals surface area contributed by atoms with Gasteiger partial charge >= 0.3 is 0 Å². The first-order valence-corrected chi connectivity index (χ1v) is 8.25. The number of likely N-dealkylation sites (N-methyl/N-ethyl adjacent to an activating group) is 1. The third-order valence-electron chi connectivity index (χ3n) is 5.54. The molecule has 116 valence electrons. The molecule has 1 saturated carbocycles. The summed E-state index contributed by atoms with van der Waals surface area (Å²) in [5.41, 5.74) is 1.46. The van der Waals surface area contributed by atoms with E-state index in [9.17, 15) is 9.50 Å². The standard InChI is InChI=1S/C18H26FNO/c1-20-13-18(6-3-2-4-7-18)8-5-16(20)10-14-9-15(19)12-17(21)11-14/h9,11-12,16,21H,2-8,10,13H2,1H3. The Morgan fingerprint density at radius 3 is 2.62 bits per heavy atom. The summed E-state index contributed by atoms with van der Waals surface area (Å²) in [5.74, 6) is -0.306. The molecule has 1 N–H and O–H groups in total. The Bertz CT molecular complexity index is 476. The van der Waals surface area contributed by atoms with Crippen LogP contribution in [0.2, 0.25) is 0 Å². The lowest BCUT2D eigenvalue weighted by atomic mass is 9.68. The average Bonchev–Trinajstić information content (AvgIpc) is 2.42. The lowest BCUT2D eigenvalue weighted by molar-refractivity contribution is 0.0326. The van der Waals surface area contributed by atoms with Crippen LogP contribution in [-0.4, -0.2) is 29.6 Å². The van der Waals surface area contributed by atoms with Crippen molar-refractivity contribution in [2.45, 2.75) is 57.4 Å². The third-order valence-corrected chi connectivity index (χ3v) is 5.54. The zero-order chi connectivity index (χ0) is 14.9. The summed E-state index contributed by atoms with van der Waals surface area (Å²) in [4.78, 5) is 2.47. The molecule has 3 heteroatoms. The first-order valence-electron chi connectivity index (χ1n) is 8.25. The Balaban J connectivity index is 1.65. The minimum absolute atomic E-state index is 0.0345. The minimum atomic E-state index is -0.341. The molecule has 1 heterocycles. The van der Waals surface area contributed by atoms with Gasteiger partial charge in [-0.05, 0) is 62.3 Å². The molecule has 1 atom stereocenters. The molecule has 2 fully saturated rings. The number of phenolic OH excluding ortho intramolecular Hbond substituents is 1. The maximum absolute atomic E-state index is 13.4. The van der Waals surface area contributed by atoms with E-state index in [0.29, 0.717) is 11.5 Å². The summed E-state index contributed by atoms with van der Waals surface area (Å²) < 4.78 is 13.4. The van der Waals surface area contributed by atoms with Crippen LogP contribution in [0.4, 0.5) is 4.39 Å². The van der Waals surface area contributed by atoms with Crippen molar-refractivity contribution in [1.29, 1.82) is 0 Å². The largest absolute Gasteiger partial charge is 0.508 e. The number of nitrogens with zero attached hydrogens (tertiary/aromatic N) is 1. The molecule has 1 aliphatic heterocycles. The smallest absolute Gasteiger partial charge is 0.127 e. The second-order valence-corrected chi connectivity index (χ2v) is 7.19. The second-order valence-electron chi connectivity index (χ2n) is 7.19. The Morgan fingerprint density at radius 1 is 1.19 bits per heavy atom. The number of halogens is 1. The highest BCUT2D eigenvalue weighted by Crippen LogP contribution is 2.44. The molecule has 1 spiro atoms. The number of likely N-dealkylation sites (tertiary alicyclic amines) is 1. The molecule has 3 rings (SSSR count). The van der Waals surface area contributed by atoms with E-state index in [-0.39, 0.29) is 11.6 Å². The van der Waals surface area contributed by atoms with Gasteiger partial charge in [-0.15, -0.1) is 0 Å². The molecule has 0 amide bonds. The summed E-state index contributed by atoms with van der Waals surface area (Å²) in [6.45, 7) is 1.18. The van der Waals surface area contributed by atoms with E-state index < -0.39 is 0 Å². The van der Waals surface area contributed by atoms with Gasteiger partial charge in [-0.2, -0.15) is 0 Å². The van der Waals surface area contributed by atoms with E-state index in [1.54, 1.807) is 12.1 Å². The summed E-state index contributed by atoms with van der Waals surface area (Å²) in [6.07, 6.45) is 10.3. The summed E-state index contributed by atoms with van der Waals surface area (Å²) in [6, 6.07) is 4.89. The van der Waals surface area contributed by atoms with Crippen molar-refractivity contribution in [3.63, 3.8) is 0 Å². The Labute approximate surface area is 127 Å². The Morgan fingerprint density at radius 2 is 1.95 bits per heavy atom. The third kappa shape index (κ3) is 3.39. The summed E-state index contributed by atoms with van der Waals surface area (Å²) in [7, 11) is 2.21. The second kappa shape index (κ2) is 5.96. The van der Waals surface area contributed by atoms with Crippen LogP contribution in [0.1, 0.15) is 50.5 Å². The molecule has 21 heavy (non-hydrogen) atoms. The minimum Gasteiger partial charge on any atom is -0.508 e. The first kappa shape index (κ1) is 14.8. The zero-order valence-corrected chi connectivity index (χ0v) is 12.9. The molecule has 1 aromatic carbocycles. The van der Waals surface area contributed by atoms with E-state index in [1.807, 2.05) is 0 Å². The van der Waals surface area contributed by atoms with Crippen LogP contribution >= 0.6 is 0 Å². The van der Waals surface area contributed by atoms with Gasteiger partial charge in [-0.25, -0.2) is 4.39 Å². The van der Waals surface area contributed by atoms with E-state index in [2.05, 4.69) is 11.9 Å². The molecule has 0 aromatic heterocycles. The van der Waals surface area contributed by atoms with Gasteiger partial charge in [0.15, 0.2) is 0 Å². The fourth-order valence-corrected chi connectivity index (χ4v) is 4.42. The molecule has 1 saturated heterocycles. The average molecular weight is 291 g/mol. The van der Waals surface area contributed by atoms with Gasteiger partial charge in [-0.3, -0.25) is 0 Å². The van der Waals surface area contributed by atoms with Crippen LogP contribution in [0, 0.1) is 11.2 Å². The monoisotopic (exact) mass is 291 g/mol. The van der Waals surface area contributed by atoms with Crippen molar-refractivity contribution in [1.82, 2.24) is 4.90 Å². The van der Waals surface area contributed by atoms with Crippen molar-refractivity contribution in [3.05, 3.63) is 29.6 Å². The van der Waals surface area contributed by atoms with Crippen LogP contribution in [0.25, 0.3) is 0 Å². The van der Waals surface area contributed by atoms with Crippen LogP contribution in [-0.2, 0) is 6.42 Å². The van der Waals surface area contributed by atoms with Gasteiger partial charge < -0.3 is 10.0 Å². The van der Waals surface area contributed by atoms with Gasteiger partial charge in [0.25, 0.3) is 0 Å². The SMILES string of the molecule is CN1CC2(CCCCC2)CCC1Cc1cc(O)cc(F)c1. The van der Waals surface area contributed by atoms with Crippen molar-refractivity contribution < 1.29 is 9.50 Å². The number of piperidine rings is 1. The Kier molecular flexibility index (Phi) is 4.21. The first-order chi connectivity index (χ1) is 10.1. The van der Waals surface area contributed by atoms with E-state index in [1.165, 1.54) is 57.6 Å². The van der Waals surface area contributed by atoms with Crippen molar-refractivity contribution in [3.8, 4) is 5.75 Å². The fraction of sp³-hybridized carbons (Fsp3) is 0.667. The summed E-state index contributed by atoms with van der Waals surface area (Å²) >= 11 is 0. The van der Waals surface area contributed by atoms with Crippen LogP contribution in [0.5, 0.6) is 5.75 Å². The van der Waals surface area contributed by atoms with Crippen molar-refractivity contribution in [2.75, 3.05) is 13.6 Å². The quantitative estimate of drug-likeness (QED) is 0.886. The van der Waals surface area contributed by atoms with E-state index in [4.69, 9.17) is 0 Å². The highest BCUT2D eigenvalue weighted by atomic mass is 19.1. The lowest BCUT2D eigenvalue weighted by Crippen LogP contribution is -2.48. The molecule has 1 aliphatic carbocycles. The summed E-state index contributed by atoms with van der Waals surface area (Å²) in [5, 5.41) is 9.53. The van der Waals surface area contributed by atoms with Gasteiger partial charge in [0, 0.05) is 18.7 Å². The molecule has 0 radical (unpaired) electrons. The maximum atomic E-state index is 13.4. The molecule has 2 nitrogen and oxygen atoms in total. The van der Waals surface area contributed by atoms with Gasteiger partial charge in [-0.1, -0.05) is 19.3 Å². The van der Waals surface area contributed by atoms with E-state index >= 15 is 0 Å². The van der Waals surface area contributed by atoms with Gasteiger partial charge in [0.1, 0.15) is 11.6 Å². The molecule has 1 aromatic rings. The molecule has 0 bridgehead atoms.